The van der Waals surface area contributed by atoms with Gasteiger partial charge in [0.15, 0.2) is 5.96 Å². The zero-order chi connectivity index (χ0) is 19.1. The molecule has 2 atom stereocenters. The van der Waals surface area contributed by atoms with Crippen LogP contribution in [0.1, 0.15) is 38.7 Å². The number of benzene rings is 1. The fourth-order valence-corrected chi connectivity index (χ4v) is 4.19. The lowest BCUT2D eigenvalue weighted by Gasteiger charge is -2.32. The Bertz CT molecular complexity index is 583. The summed E-state index contributed by atoms with van der Waals surface area (Å²) in [4.78, 5) is 10.1. The summed E-state index contributed by atoms with van der Waals surface area (Å²) < 4.78 is 5.51. The Morgan fingerprint density at radius 3 is 2.59 bits per heavy atom. The van der Waals surface area contributed by atoms with Gasteiger partial charge < -0.3 is 15.0 Å². The lowest BCUT2D eigenvalue weighted by Crippen LogP contribution is -2.46. The van der Waals surface area contributed by atoms with E-state index in [2.05, 4.69) is 66.2 Å². The molecule has 0 spiro atoms. The maximum absolute atomic E-state index is 5.51. The second-order valence-corrected chi connectivity index (χ2v) is 7.99. The van der Waals surface area contributed by atoms with E-state index >= 15 is 0 Å². The van der Waals surface area contributed by atoms with Crippen molar-refractivity contribution in [2.24, 2.45) is 10.9 Å². The van der Waals surface area contributed by atoms with Gasteiger partial charge in [-0.1, -0.05) is 44.2 Å². The lowest BCUT2D eigenvalue weighted by molar-refractivity contribution is 0.0195. The molecule has 150 valence electrons. The van der Waals surface area contributed by atoms with Crippen LogP contribution in [0.3, 0.4) is 0 Å². The number of hydrogen-bond acceptors (Lipinski definition) is 3. The SMILES string of the molecule is CCNC(=NCC(c1ccccc1)C(C)C)N1CCC(N2CCOCC2)C1. The van der Waals surface area contributed by atoms with Crippen molar-refractivity contribution in [1.29, 1.82) is 0 Å². The van der Waals surface area contributed by atoms with Crippen molar-refractivity contribution in [3.05, 3.63) is 35.9 Å². The van der Waals surface area contributed by atoms with Gasteiger partial charge in [0.1, 0.15) is 0 Å². The van der Waals surface area contributed by atoms with E-state index < -0.39 is 0 Å². The van der Waals surface area contributed by atoms with Gasteiger partial charge in [-0.2, -0.15) is 0 Å². The second kappa shape index (κ2) is 10.1. The molecule has 0 aliphatic carbocycles. The Kier molecular flexibility index (Phi) is 7.53. The molecule has 0 amide bonds. The van der Waals surface area contributed by atoms with E-state index in [0.29, 0.717) is 17.9 Å². The van der Waals surface area contributed by atoms with E-state index in [9.17, 15) is 0 Å². The average Bonchev–Trinajstić information content (AvgIpc) is 3.19. The van der Waals surface area contributed by atoms with E-state index in [0.717, 1.165) is 58.4 Å². The van der Waals surface area contributed by atoms with Crippen LogP contribution in [-0.2, 0) is 4.74 Å². The van der Waals surface area contributed by atoms with Crippen molar-refractivity contribution in [3.63, 3.8) is 0 Å². The predicted octanol–water partition coefficient (Wildman–Crippen LogP) is 2.80. The van der Waals surface area contributed by atoms with Gasteiger partial charge in [-0.3, -0.25) is 9.89 Å². The number of guanidine groups is 1. The van der Waals surface area contributed by atoms with Crippen molar-refractivity contribution in [2.75, 3.05) is 52.5 Å². The summed E-state index contributed by atoms with van der Waals surface area (Å²) >= 11 is 0. The Morgan fingerprint density at radius 2 is 1.93 bits per heavy atom. The molecule has 2 aliphatic heterocycles. The molecule has 2 heterocycles. The molecular weight excluding hydrogens is 336 g/mol. The van der Waals surface area contributed by atoms with Gasteiger partial charge in [-0.15, -0.1) is 0 Å². The van der Waals surface area contributed by atoms with Gasteiger partial charge >= 0.3 is 0 Å². The van der Waals surface area contributed by atoms with Crippen LogP contribution >= 0.6 is 0 Å². The minimum Gasteiger partial charge on any atom is -0.379 e. The molecule has 0 saturated carbocycles. The summed E-state index contributed by atoms with van der Waals surface area (Å²) in [6.45, 7) is 14.5. The molecule has 2 fully saturated rings. The highest BCUT2D eigenvalue weighted by molar-refractivity contribution is 5.80. The highest BCUT2D eigenvalue weighted by Gasteiger charge is 2.30. The molecule has 0 bridgehead atoms. The third-order valence-corrected chi connectivity index (χ3v) is 5.83. The number of ether oxygens (including phenoxy) is 1. The lowest BCUT2D eigenvalue weighted by atomic mass is 9.88. The average molecular weight is 373 g/mol. The van der Waals surface area contributed by atoms with Gasteiger partial charge in [-0.25, -0.2) is 0 Å². The molecule has 1 N–H and O–H groups in total. The minimum absolute atomic E-state index is 0.456. The van der Waals surface area contributed by atoms with Crippen LogP contribution in [0.5, 0.6) is 0 Å². The van der Waals surface area contributed by atoms with E-state index in [4.69, 9.17) is 9.73 Å². The first-order valence-electron chi connectivity index (χ1n) is 10.6. The third kappa shape index (κ3) is 5.45. The summed E-state index contributed by atoms with van der Waals surface area (Å²) in [5, 5.41) is 3.53. The third-order valence-electron chi connectivity index (χ3n) is 5.83. The summed E-state index contributed by atoms with van der Waals surface area (Å²) in [5.74, 6) is 2.10. The van der Waals surface area contributed by atoms with Crippen molar-refractivity contribution in [2.45, 2.75) is 39.2 Å². The quantitative estimate of drug-likeness (QED) is 0.616. The van der Waals surface area contributed by atoms with Crippen LogP contribution in [0.15, 0.2) is 35.3 Å². The number of likely N-dealkylation sites (tertiary alicyclic amines) is 1. The highest BCUT2D eigenvalue weighted by Crippen LogP contribution is 2.25. The Hall–Kier alpha value is -1.59. The molecule has 5 nitrogen and oxygen atoms in total. The molecule has 3 rings (SSSR count). The Morgan fingerprint density at radius 1 is 1.19 bits per heavy atom. The van der Waals surface area contributed by atoms with Crippen molar-refractivity contribution >= 4 is 5.96 Å². The maximum atomic E-state index is 5.51. The van der Waals surface area contributed by atoms with Gasteiger partial charge in [0.2, 0.25) is 0 Å². The fourth-order valence-electron chi connectivity index (χ4n) is 4.19. The predicted molar refractivity (Wildman–Crippen MR) is 112 cm³/mol. The smallest absolute Gasteiger partial charge is 0.193 e. The Balaban J connectivity index is 1.65. The van der Waals surface area contributed by atoms with Crippen molar-refractivity contribution < 1.29 is 4.74 Å². The maximum Gasteiger partial charge on any atom is 0.193 e. The normalized spacial score (nSPS) is 23.0. The van der Waals surface area contributed by atoms with Crippen LogP contribution in [0, 0.1) is 5.92 Å². The van der Waals surface area contributed by atoms with Crippen molar-refractivity contribution in [1.82, 2.24) is 15.1 Å². The number of nitrogens with one attached hydrogen (secondary N) is 1. The van der Waals surface area contributed by atoms with Gasteiger partial charge in [0.25, 0.3) is 0 Å². The Labute approximate surface area is 164 Å². The topological polar surface area (TPSA) is 40.1 Å². The molecule has 5 heteroatoms. The van der Waals surface area contributed by atoms with Crippen molar-refractivity contribution in [3.8, 4) is 0 Å². The first-order chi connectivity index (χ1) is 13.2. The first kappa shape index (κ1) is 20.2. The molecule has 2 aliphatic rings. The van der Waals surface area contributed by atoms with Crippen LogP contribution in [0.4, 0.5) is 0 Å². The second-order valence-electron chi connectivity index (χ2n) is 7.99. The summed E-state index contributed by atoms with van der Waals surface area (Å²) in [6.07, 6.45) is 1.22. The minimum atomic E-state index is 0.456. The monoisotopic (exact) mass is 372 g/mol. The number of rotatable bonds is 6. The summed E-state index contributed by atoms with van der Waals surface area (Å²) in [6, 6.07) is 11.5. The molecule has 2 saturated heterocycles. The van der Waals surface area contributed by atoms with E-state index in [1.165, 1.54) is 12.0 Å². The van der Waals surface area contributed by atoms with E-state index in [1.807, 2.05) is 0 Å². The molecule has 2 unspecified atom stereocenters. The van der Waals surface area contributed by atoms with E-state index in [1.54, 1.807) is 0 Å². The summed E-state index contributed by atoms with van der Waals surface area (Å²) in [7, 11) is 0. The number of hydrogen-bond donors (Lipinski definition) is 1. The van der Waals surface area contributed by atoms with Crippen LogP contribution in [-0.4, -0.2) is 74.3 Å². The van der Waals surface area contributed by atoms with Gasteiger partial charge in [-0.05, 0) is 24.8 Å². The molecule has 1 aromatic rings. The van der Waals surface area contributed by atoms with Crippen LogP contribution in [0.2, 0.25) is 0 Å². The largest absolute Gasteiger partial charge is 0.379 e. The van der Waals surface area contributed by atoms with Crippen LogP contribution in [0.25, 0.3) is 0 Å². The van der Waals surface area contributed by atoms with Gasteiger partial charge in [0.05, 0.1) is 13.2 Å². The summed E-state index contributed by atoms with van der Waals surface area (Å²) in [5.41, 5.74) is 1.39. The van der Waals surface area contributed by atoms with Crippen LogP contribution < -0.4 is 5.32 Å². The number of morpholine rings is 1. The zero-order valence-electron chi connectivity index (χ0n) is 17.2. The molecule has 27 heavy (non-hydrogen) atoms. The number of nitrogens with zero attached hydrogens (tertiary/aromatic N) is 3. The standard InChI is InChI=1S/C22H36N4O/c1-4-23-22(24-16-21(18(2)3)19-8-6-5-7-9-19)26-11-10-20(17-26)25-12-14-27-15-13-25/h5-9,18,20-21H,4,10-17H2,1-3H3,(H,23,24). The van der Waals surface area contributed by atoms with Gasteiger partial charge in [0, 0.05) is 51.2 Å². The molecule has 0 radical (unpaired) electrons. The molecule has 0 aromatic heterocycles. The fraction of sp³-hybridized carbons (Fsp3) is 0.682. The molecule has 1 aromatic carbocycles. The van der Waals surface area contributed by atoms with E-state index in [-0.39, 0.29) is 0 Å². The molecular formula is C22H36N4O. The first-order valence-corrected chi connectivity index (χ1v) is 10.6. The highest BCUT2D eigenvalue weighted by atomic mass is 16.5. The number of aliphatic imine (C=N–C) groups is 1. The zero-order valence-corrected chi connectivity index (χ0v) is 17.2.